The molecular formula is C51H31N3O. The van der Waals surface area contributed by atoms with E-state index in [0.717, 1.165) is 65.9 Å². The Morgan fingerprint density at radius 1 is 0.309 bits per heavy atom. The Hall–Kier alpha value is -7.43. The van der Waals surface area contributed by atoms with Gasteiger partial charge in [-0.2, -0.15) is 0 Å². The zero-order valence-electron chi connectivity index (χ0n) is 29.6. The predicted molar refractivity (Wildman–Crippen MR) is 227 cm³/mol. The molecule has 4 nitrogen and oxygen atoms in total. The van der Waals surface area contributed by atoms with E-state index in [4.69, 9.17) is 19.4 Å². The summed E-state index contributed by atoms with van der Waals surface area (Å²) in [6.45, 7) is 0. The lowest BCUT2D eigenvalue weighted by atomic mass is 9.98. The third kappa shape index (κ3) is 5.34. The highest BCUT2D eigenvalue weighted by atomic mass is 16.3. The number of rotatable bonds is 5. The minimum atomic E-state index is 0.597. The average molecular weight is 702 g/mol. The van der Waals surface area contributed by atoms with Gasteiger partial charge in [-0.3, -0.25) is 0 Å². The SMILES string of the molecule is c1ccc(-c2ccc(-c3ccc(-c4nc(-c5ccc6ccccc6c5)nc(-c5cccc6oc7c(ccc8ccc9ccccc9c87)c56)n4)cc3)cc2)cc1. The molecular weight excluding hydrogens is 671 g/mol. The molecule has 0 amide bonds. The first-order valence-electron chi connectivity index (χ1n) is 18.5. The summed E-state index contributed by atoms with van der Waals surface area (Å²) in [6, 6.07) is 65.8. The molecule has 0 aliphatic heterocycles. The number of hydrogen-bond donors (Lipinski definition) is 0. The van der Waals surface area contributed by atoms with Crippen LogP contribution in [-0.4, -0.2) is 15.0 Å². The zero-order chi connectivity index (χ0) is 36.3. The van der Waals surface area contributed by atoms with Gasteiger partial charge < -0.3 is 4.42 Å². The van der Waals surface area contributed by atoms with E-state index in [1.807, 2.05) is 18.2 Å². The smallest absolute Gasteiger partial charge is 0.164 e. The van der Waals surface area contributed by atoms with E-state index in [2.05, 4.69) is 170 Å². The molecule has 0 radical (unpaired) electrons. The van der Waals surface area contributed by atoms with Crippen LogP contribution in [0.2, 0.25) is 0 Å². The van der Waals surface area contributed by atoms with Crippen molar-refractivity contribution in [1.82, 2.24) is 15.0 Å². The van der Waals surface area contributed by atoms with Crippen LogP contribution in [0.4, 0.5) is 0 Å². The van der Waals surface area contributed by atoms with Crippen LogP contribution < -0.4 is 0 Å². The lowest BCUT2D eigenvalue weighted by Crippen LogP contribution is -2.00. The second kappa shape index (κ2) is 12.6. The van der Waals surface area contributed by atoms with Gasteiger partial charge in [0.1, 0.15) is 11.2 Å². The summed E-state index contributed by atoms with van der Waals surface area (Å²) < 4.78 is 6.73. The third-order valence-corrected chi connectivity index (χ3v) is 10.7. The van der Waals surface area contributed by atoms with Crippen molar-refractivity contribution in [3.63, 3.8) is 0 Å². The van der Waals surface area contributed by atoms with E-state index < -0.39 is 0 Å². The van der Waals surface area contributed by atoms with Gasteiger partial charge in [0.2, 0.25) is 0 Å². The second-order valence-corrected chi connectivity index (χ2v) is 14.0. The van der Waals surface area contributed by atoms with Gasteiger partial charge in [0, 0.05) is 32.8 Å². The molecule has 0 saturated heterocycles. The van der Waals surface area contributed by atoms with Crippen molar-refractivity contribution in [3.05, 3.63) is 188 Å². The number of nitrogens with zero attached hydrogens (tertiary/aromatic N) is 3. The van der Waals surface area contributed by atoms with E-state index in [1.54, 1.807) is 0 Å². The van der Waals surface area contributed by atoms with Crippen molar-refractivity contribution in [2.45, 2.75) is 0 Å². The molecule has 2 heterocycles. The molecule has 11 aromatic rings. The molecule has 55 heavy (non-hydrogen) atoms. The molecule has 0 bridgehead atoms. The lowest BCUT2D eigenvalue weighted by molar-refractivity contribution is 0.673. The Balaban J connectivity index is 1.07. The largest absolute Gasteiger partial charge is 0.455 e. The van der Waals surface area contributed by atoms with E-state index in [1.165, 1.54) is 27.3 Å². The highest BCUT2D eigenvalue weighted by Crippen LogP contribution is 2.41. The first-order chi connectivity index (χ1) is 27.2. The van der Waals surface area contributed by atoms with Gasteiger partial charge in [-0.05, 0) is 67.4 Å². The predicted octanol–water partition coefficient (Wildman–Crippen LogP) is 13.6. The highest BCUT2D eigenvalue weighted by molar-refractivity contribution is 6.24. The molecule has 11 rings (SSSR count). The van der Waals surface area contributed by atoms with E-state index in [0.29, 0.717) is 17.5 Å². The molecule has 0 aliphatic rings. The van der Waals surface area contributed by atoms with Crippen LogP contribution in [0.1, 0.15) is 0 Å². The van der Waals surface area contributed by atoms with E-state index in [9.17, 15) is 0 Å². The summed E-state index contributed by atoms with van der Waals surface area (Å²) in [4.78, 5) is 15.5. The Kier molecular flexibility index (Phi) is 7.14. The van der Waals surface area contributed by atoms with Gasteiger partial charge in [0.15, 0.2) is 17.5 Å². The first-order valence-corrected chi connectivity index (χ1v) is 18.5. The van der Waals surface area contributed by atoms with Gasteiger partial charge >= 0.3 is 0 Å². The molecule has 4 heteroatoms. The van der Waals surface area contributed by atoms with Crippen LogP contribution in [0.3, 0.4) is 0 Å². The van der Waals surface area contributed by atoms with Crippen LogP contribution in [0, 0.1) is 0 Å². The van der Waals surface area contributed by atoms with Gasteiger partial charge in [-0.15, -0.1) is 0 Å². The fourth-order valence-electron chi connectivity index (χ4n) is 7.94. The van der Waals surface area contributed by atoms with E-state index >= 15 is 0 Å². The van der Waals surface area contributed by atoms with Crippen molar-refractivity contribution in [2.24, 2.45) is 0 Å². The fraction of sp³-hybridized carbons (Fsp3) is 0. The number of benzene rings is 9. The quantitative estimate of drug-likeness (QED) is 0.168. The lowest BCUT2D eigenvalue weighted by Gasteiger charge is -2.11. The molecule has 0 N–H and O–H groups in total. The zero-order valence-corrected chi connectivity index (χ0v) is 29.6. The normalized spacial score (nSPS) is 11.6. The maximum Gasteiger partial charge on any atom is 0.164 e. The minimum absolute atomic E-state index is 0.597. The van der Waals surface area contributed by atoms with Gasteiger partial charge in [-0.1, -0.05) is 170 Å². The average Bonchev–Trinajstić information content (AvgIpc) is 3.66. The summed E-state index contributed by atoms with van der Waals surface area (Å²) in [5.74, 6) is 1.83. The number of hydrogen-bond acceptors (Lipinski definition) is 4. The van der Waals surface area contributed by atoms with Crippen LogP contribution in [0.5, 0.6) is 0 Å². The standard InChI is InChI=1S/C51H31N3O/c1-2-9-32(10-3-1)34-17-19-35(20-18-34)36-21-26-39(27-22-36)49-52-50(41-28-23-33-11-4-5-13-40(33)31-41)54-51(53-49)44-15-8-16-45-47(44)43-30-29-38-25-24-37-12-6-7-14-42(37)46(38)48(43)55-45/h1-31H. The van der Waals surface area contributed by atoms with Crippen LogP contribution >= 0.6 is 0 Å². The maximum atomic E-state index is 6.73. The van der Waals surface area contributed by atoms with Gasteiger partial charge in [0.25, 0.3) is 0 Å². The highest BCUT2D eigenvalue weighted by Gasteiger charge is 2.20. The van der Waals surface area contributed by atoms with Crippen molar-refractivity contribution in [2.75, 3.05) is 0 Å². The summed E-state index contributed by atoms with van der Waals surface area (Å²) in [5, 5.41) is 8.93. The Labute approximate surface area is 317 Å². The summed E-state index contributed by atoms with van der Waals surface area (Å²) in [7, 11) is 0. The number of furan rings is 1. The number of fused-ring (bicyclic) bond motifs is 8. The molecule has 0 aliphatic carbocycles. The summed E-state index contributed by atoms with van der Waals surface area (Å²) in [6.07, 6.45) is 0. The Morgan fingerprint density at radius 2 is 0.855 bits per heavy atom. The molecule has 0 spiro atoms. The third-order valence-electron chi connectivity index (χ3n) is 10.7. The molecule has 0 fully saturated rings. The fourth-order valence-corrected chi connectivity index (χ4v) is 7.94. The monoisotopic (exact) mass is 701 g/mol. The Morgan fingerprint density at radius 3 is 1.62 bits per heavy atom. The van der Waals surface area contributed by atoms with Crippen LogP contribution in [0.25, 0.3) is 111 Å². The van der Waals surface area contributed by atoms with E-state index in [-0.39, 0.29) is 0 Å². The first kappa shape index (κ1) is 31.1. The van der Waals surface area contributed by atoms with Crippen molar-refractivity contribution >= 4 is 54.3 Å². The van der Waals surface area contributed by atoms with Crippen molar-refractivity contribution < 1.29 is 4.42 Å². The molecule has 0 unspecified atom stereocenters. The summed E-state index contributed by atoms with van der Waals surface area (Å²) in [5.41, 5.74) is 9.09. The molecule has 0 atom stereocenters. The molecule has 2 aromatic heterocycles. The van der Waals surface area contributed by atoms with Gasteiger partial charge in [-0.25, -0.2) is 15.0 Å². The Bertz CT molecular complexity index is 3240. The second-order valence-electron chi connectivity index (χ2n) is 14.0. The number of aromatic nitrogens is 3. The van der Waals surface area contributed by atoms with Crippen molar-refractivity contribution in [1.29, 1.82) is 0 Å². The van der Waals surface area contributed by atoms with Crippen molar-refractivity contribution in [3.8, 4) is 56.4 Å². The van der Waals surface area contributed by atoms with Crippen LogP contribution in [0.15, 0.2) is 192 Å². The maximum absolute atomic E-state index is 6.73. The molecule has 256 valence electrons. The topological polar surface area (TPSA) is 51.8 Å². The summed E-state index contributed by atoms with van der Waals surface area (Å²) >= 11 is 0. The molecule has 0 saturated carbocycles. The minimum Gasteiger partial charge on any atom is -0.455 e. The van der Waals surface area contributed by atoms with Gasteiger partial charge in [0.05, 0.1) is 0 Å². The molecule has 9 aromatic carbocycles. The van der Waals surface area contributed by atoms with Crippen LogP contribution in [-0.2, 0) is 0 Å².